The lowest BCUT2D eigenvalue weighted by atomic mass is 9.92. The first kappa shape index (κ1) is 13.0. The molecule has 0 radical (unpaired) electrons. The van der Waals surface area contributed by atoms with Crippen molar-refractivity contribution in [1.29, 1.82) is 5.26 Å². The van der Waals surface area contributed by atoms with Gasteiger partial charge in [0, 0.05) is 0 Å². The van der Waals surface area contributed by atoms with Gasteiger partial charge in [-0.15, -0.1) is 0 Å². The zero-order valence-corrected chi connectivity index (χ0v) is 10.1. The Hall–Kier alpha value is -2.02. The summed E-state index contributed by atoms with van der Waals surface area (Å²) in [4.78, 5) is 11.1. The molecule has 0 aliphatic carbocycles. The van der Waals surface area contributed by atoms with Crippen molar-refractivity contribution in [3.05, 3.63) is 29.8 Å². The van der Waals surface area contributed by atoms with Gasteiger partial charge in [-0.3, -0.25) is 4.79 Å². The normalized spacial score (nSPS) is 10.6. The van der Waals surface area contributed by atoms with E-state index < -0.39 is 11.3 Å². The highest BCUT2D eigenvalue weighted by atomic mass is 16.5. The number of nitrogens with two attached hydrogens (primary N) is 1. The second-order valence-corrected chi connectivity index (χ2v) is 4.45. The van der Waals surface area contributed by atoms with Gasteiger partial charge >= 0.3 is 0 Å². The lowest BCUT2D eigenvalue weighted by molar-refractivity contribution is 0.0996. The summed E-state index contributed by atoms with van der Waals surface area (Å²) in [5.74, 6) is -0.0473. The number of carbonyl (C=O) groups is 1. The molecule has 1 rings (SSSR count). The Balaban J connectivity index is 2.65. The van der Waals surface area contributed by atoms with Gasteiger partial charge in [0.05, 0.1) is 23.7 Å². The van der Waals surface area contributed by atoms with Gasteiger partial charge in [0.2, 0.25) is 0 Å². The number of ether oxygens (including phenoxy) is 1. The molecule has 0 spiro atoms. The predicted octanol–water partition coefficient (Wildman–Crippen LogP) is 2.10. The Morgan fingerprint density at radius 2 is 2.12 bits per heavy atom. The molecule has 4 heteroatoms. The van der Waals surface area contributed by atoms with E-state index in [1.165, 1.54) is 0 Å². The van der Waals surface area contributed by atoms with Crippen molar-refractivity contribution in [1.82, 2.24) is 0 Å². The average molecular weight is 232 g/mol. The zero-order valence-electron chi connectivity index (χ0n) is 10.1. The third-order valence-electron chi connectivity index (χ3n) is 2.44. The number of amides is 1. The smallest absolute Gasteiger partial charge is 0.252 e. The number of hydrogen-bond donors (Lipinski definition) is 1. The van der Waals surface area contributed by atoms with Crippen LogP contribution in [0, 0.1) is 16.7 Å². The van der Waals surface area contributed by atoms with E-state index in [2.05, 4.69) is 6.07 Å². The van der Waals surface area contributed by atoms with Gasteiger partial charge in [-0.25, -0.2) is 0 Å². The first-order valence-corrected chi connectivity index (χ1v) is 5.39. The maximum Gasteiger partial charge on any atom is 0.252 e. The lowest BCUT2D eigenvalue weighted by Crippen LogP contribution is -2.16. The fraction of sp³-hybridized carbons (Fsp3) is 0.385. The number of benzene rings is 1. The number of nitriles is 1. The number of nitrogens with zero attached hydrogens (tertiary/aromatic N) is 1. The van der Waals surface area contributed by atoms with Crippen molar-refractivity contribution in [3.8, 4) is 11.8 Å². The van der Waals surface area contributed by atoms with Gasteiger partial charge in [-0.05, 0) is 32.4 Å². The molecule has 0 aliphatic rings. The van der Waals surface area contributed by atoms with Crippen LogP contribution in [-0.4, -0.2) is 12.5 Å². The molecule has 0 aromatic heterocycles. The number of rotatable bonds is 5. The quantitative estimate of drug-likeness (QED) is 0.844. The van der Waals surface area contributed by atoms with Crippen LogP contribution in [0.3, 0.4) is 0 Å². The second-order valence-electron chi connectivity index (χ2n) is 4.45. The van der Waals surface area contributed by atoms with Crippen molar-refractivity contribution in [2.45, 2.75) is 20.3 Å². The Morgan fingerprint density at radius 1 is 1.47 bits per heavy atom. The molecule has 90 valence electrons. The van der Waals surface area contributed by atoms with E-state index in [1.54, 1.807) is 24.3 Å². The summed E-state index contributed by atoms with van der Waals surface area (Å²) in [7, 11) is 0. The van der Waals surface area contributed by atoms with E-state index in [1.807, 2.05) is 13.8 Å². The lowest BCUT2D eigenvalue weighted by Gasteiger charge is -2.16. The van der Waals surface area contributed by atoms with Crippen LogP contribution in [-0.2, 0) is 0 Å². The summed E-state index contributed by atoms with van der Waals surface area (Å²) in [6, 6.07) is 9.01. The van der Waals surface area contributed by atoms with E-state index in [0.29, 0.717) is 24.3 Å². The summed E-state index contributed by atoms with van der Waals surface area (Å²) in [5.41, 5.74) is 5.16. The molecule has 0 heterocycles. The van der Waals surface area contributed by atoms with Gasteiger partial charge in [-0.1, -0.05) is 12.1 Å². The average Bonchev–Trinajstić information content (AvgIpc) is 2.29. The Kier molecular flexibility index (Phi) is 4.11. The monoisotopic (exact) mass is 232 g/mol. The molecule has 1 amide bonds. The Bertz CT molecular complexity index is 447. The van der Waals surface area contributed by atoms with Crippen LogP contribution in [0.25, 0.3) is 0 Å². The molecule has 1 aromatic carbocycles. The highest BCUT2D eigenvalue weighted by Gasteiger charge is 2.17. The predicted molar refractivity (Wildman–Crippen MR) is 64.5 cm³/mol. The molecule has 4 nitrogen and oxygen atoms in total. The number of para-hydroxylation sites is 1. The maximum absolute atomic E-state index is 11.1. The third kappa shape index (κ3) is 3.80. The van der Waals surface area contributed by atoms with Crippen LogP contribution >= 0.6 is 0 Å². The highest BCUT2D eigenvalue weighted by molar-refractivity contribution is 5.95. The van der Waals surface area contributed by atoms with Crippen LogP contribution in [0.4, 0.5) is 0 Å². The molecule has 1 aromatic rings. The Labute approximate surface area is 101 Å². The molecule has 0 atom stereocenters. The van der Waals surface area contributed by atoms with Gasteiger partial charge in [0.15, 0.2) is 0 Å². The molecule has 0 fully saturated rings. The fourth-order valence-electron chi connectivity index (χ4n) is 1.27. The number of primary amides is 1. The van der Waals surface area contributed by atoms with Crippen LogP contribution in [0.1, 0.15) is 30.6 Å². The second kappa shape index (κ2) is 5.35. The molecule has 0 unspecified atom stereocenters. The van der Waals surface area contributed by atoms with Crippen molar-refractivity contribution in [2.75, 3.05) is 6.61 Å². The van der Waals surface area contributed by atoms with E-state index in [0.717, 1.165) is 0 Å². The first-order valence-electron chi connectivity index (χ1n) is 5.39. The topological polar surface area (TPSA) is 76.1 Å². The molecule has 0 aliphatic heterocycles. The molecule has 17 heavy (non-hydrogen) atoms. The molecule has 0 saturated heterocycles. The number of hydrogen-bond acceptors (Lipinski definition) is 3. The van der Waals surface area contributed by atoms with Crippen molar-refractivity contribution < 1.29 is 9.53 Å². The molecular formula is C13H16N2O2. The van der Waals surface area contributed by atoms with E-state index in [4.69, 9.17) is 15.7 Å². The van der Waals surface area contributed by atoms with Gasteiger partial charge in [0.1, 0.15) is 5.75 Å². The van der Waals surface area contributed by atoms with Crippen molar-refractivity contribution in [3.63, 3.8) is 0 Å². The van der Waals surface area contributed by atoms with E-state index in [9.17, 15) is 4.79 Å². The maximum atomic E-state index is 11.1. The largest absolute Gasteiger partial charge is 0.493 e. The highest BCUT2D eigenvalue weighted by Crippen LogP contribution is 2.21. The molecule has 0 saturated carbocycles. The van der Waals surface area contributed by atoms with Crippen molar-refractivity contribution >= 4 is 5.91 Å². The molecule has 0 bridgehead atoms. The summed E-state index contributed by atoms with van der Waals surface area (Å²) in [6.07, 6.45) is 0.594. The minimum absolute atomic E-state index is 0.363. The van der Waals surface area contributed by atoms with E-state index in [-0.39, 0.29) is 0 Å². The van der Waals surface area contributed by atoms with Gasteiger partial charge < -0.3 is 10.5 Å². The van der Waals surface area contributed by atoms with E-state index >= 15 is 0 Å². The van der Waals surface area contributed by atoms with Crippen molar-refractivity contribution in [2.24, 2.45) is 11.1 Å². The number of carbonyl (C=O) groups excluding carboxylic acids is 1. The molecular weight excluding hydrogens is 216 g/mol. The zero-order chi connectivity index (χ0) is 12.9. The fourth-order valence-corrected chi connectivity index (χ4v) is 1.27. The van der Waals surface area contributed by atoms with Crippen LogP contribution in [0.2, 0.25) is 0 Å². The minimum Gasteiger partial charge on any atom is -0.493 e. The standard InChI is InChI=1S/C13H16N2O2/c1-13(2,9-14)7-8-17-11-6-4-3-5-10(11)12(15)16/h3-6H,7-8H2,1-2H3,(H2,15,16). The first-order chi connectivity index (χ1) is 7.96. The van der Waals surface area contributed by atoms with Gasteiger partial charge in [0.25, 0.3) is 5.91 Å². The Morgan fingerprint density at radius 3 is 2.71 bits per heavy atom. The van der Waals surface area contributed by atoms with Crippen LogP contribution in [0.5, 0.6) is 5.75 Å². The molecule has 2 N–H and O–H groups in total. The SMILES string of the molecule is CC(C)(C#N)CCOc1ccccc1C(N)=O. The summed E-state index contributed by atoms with van der Waals surface area (Å²) in [6.45, 7) is 4.07. The van der Waals surface area contributed by atoms with Crippen LogP contribution < -0.4 is 10.5 Å². The summed E-state index contributed by atoms with van der Waals surface area (Å²) < 4.78 is 5.48. The third-order valence-corrected chi connectivity index (χ3v) is 2.44. The summed E-state index contributed by atoms with van der Waals surface area (Å²) in [5, 5.41) is 8.85. The van der Waals surface area contributed by atoms with Crippen LogP contribution in [0.15, 0.2) is 24.3 Å². The minimum atomic E-state index is -0.514. The summed E-state index contributed by atoms with van der Waals surface area (Å²) >= 11 is 0. The van der Waals surface area contributed by atoms with Gasteiger partial charge in [-0.2, -0.15) is 5.26 Å².